The van der Waals surface area contributed by atoms with E-state index in [0.29, 0.717) is 22.9 Å². The minimum Gasteiger partial charge on any atom is -0.352 e. The van der Waals surface area contributed by atoms with Gasteiger partial charge in [-0.3, -0.25) is 0 Å². The molecule has 0 spiro atoms. The van der Waals surface area contributed by atoms with Crippen LogP contribution in [0, 0.1) is 6.92 Å². The number of aromatic nitrogens is 2. The predicted molar refractivity (Wildman–Crippen MR) is 92.2 cm³/mol. The highest BCUT2D eigenvalue weighted by atomic mass is 35.5. The first-order chi connectivity index (χ1) is 10.5. The number of nitrogens with zero attached hydrogens (tertiary/aromatic N) is 2. The number of rotatable bonds is 5. The van der Waals surface area contributed by atoms with Gasteiger partial charge in [0.05, 0.1) is 16.4 Å². The Hall–Kier alpha value is -1.81. The number of halogens is 1. The molecule has 0 atom stereocenters. The Morgan fingerprint density at radius 3 is 2.59 bits per heavy atom. The number of anilines is 3. The quantitative estimate of drug-likeness (QED) is 0.825. The van der Waals surface area contributed by atoms with Gasteiger partial charge in [0.15, 0.2) is 0 Å². The van der Waals surface area contributed by atoms with Crippen molar-refractivity contribution < 1.29 is 0 Å². The lowest BCUT2D eigenvalue weighted by molar-refractivity contribution is 0.864. The molecule has 1 fully saturated rings. The maximum absolute atomic E-state index is 6.30. The summed E-state index contributed by atoms with van der Waals surface area (Å²) >= 11 is 6.30. The Morgan fingerprint density at radius 2 is 1.95 bits per heavy atom. The van der Waals surface area contributed by atoms with Crippen LogP contribution in [0.1, 0.15) is 43.9 Å². The summed E-state index contributed by atoms with van der Waals surface area (Å²) in [6.45, 7) is 6.18. The van der Waals surface area contributed by atoms with E-state index in [9.17, 15) is 0 Å². The molecule has 3 rings (SSSR count). The third-order valence-corrected chi connectivity index (χ3v) is 3.86. The maximum Gasteiger partial charge on any atom is 0.225 e. The molecular weight excluding hydrogens is 296 g/mol. The summed E-state index contributed by atoms with van der Waals surface area (Å²) in [5.41, 5.74) is 3.10. The highest BCUT2D eigenvalue weighted by molar-refractivity contribution is 6.33. The van der Waals surface area contributed by atoms with Crippen LogP contribution in [-0.4, -0.2) is 16.0 Å². The first kappa shape index (κ1) is 15.1. The topological polar surface area (TPSA) is 49.8 Å². The van der Waals surface area contributed by atoms with Crippen molar-refractivity contribution >= 4 is 29.1 Å². The van der Waals surface area contributed by atoms with E-state index in [1.807, 2.05) is 31.2 Å². The molecule has 1 saturated carbocycles. The molecule has 0 unspecified atom stereocenters. The summed E-state index contributed by atoms with van der Waals surface area (Å²) in [7, 11) is 0. The Labute approximate surface area is 136 Å². The van der Waals surface area contributed by atoms with Gasteiger partial charge in [-0.2, -0.15) is 4.98 Å². The summed E-state index contributed by atoms with van der Waals surface area (Å²) in [6, 6.07) is 8.28. The molecule has 1 aliphatic rings. The molecule has 5 heteroatoms. The second kappa shape index (κ2) is 6.13. The van der Waals surface area contributed by atoms with Crippen molar-refractivity contribution in [3.8, 4) is 0 Å². The molecule has 2 N–H and O–H groups in total. The van der Waals surface area contributed by atoms with E-state index in [4.69, 9.17) is 11.6 Å². The Morgan fingerprint density at radius 1 is 1.18 bits per heavy atom. The Bertz CT molecular complexity index is 680. The molecule has 22 heavy (non-hydrogen) atoms. The first-order valence-electron chi connectivity index (χ1n) is 7.70. The van der Waals surface area contributed by atoms with Crippen LogP contribution in [0.15, 0.2) is 24.3 Å². The SMILES string of the molecule is Cc1ccc(Nc2cc(C3CC3)nc(NC(C)C)n2)c(Cl)c1. The van der Waals surface area contributed by atoms with Gasteiger partial charge in [0, 0.05) is 18.0 Å². The highest BCUT2D eigenvalue weighted by Crippen LogP contribution is 2.40. The predicted octanol–water partition coefficient (Wildman–Crippen LogP) is 4.88. The lowest BCUT2D eigenvalue weighted by atomic mass is 10.2. The van der Waals surface area contributed by atoms with Crippen LogP contribution < -0.4 is 10.6 Å². The van der Waals surface area contributed by atoms with Gasteiger partial charge in [0.25, 0.3) is 0 Å². The average Bonchev–Trinajstić information content (AvgIpc) is 3.25. The van der Waals surface area contributed by atoms with Gasteiger partial charge in [0.2, 0.25) is 5.95 Å². The fraction of sp³-hybridized carbons (Fsp3) is 0.412. The van der Waals surface area contributed by atoms with Crippen molar-refractivity contribution in [3.63, 3.8) is 0 Å². The first-order valence-corrected chi connectivity index (χ1v) is 8.08. The van der Waals surface area contributed by atoms with E-state index < -0.39 is 0 Å². The minimum absolute atomic E-state index is 0.297. The second-order valence-corrected chi connectivity index (χ2v) is 6.59. The molecule has 0 amide bonds. The Kier molecular flexibility index (Phi) is 4.21. The zero-order valence-corrected chi connectivity index (χ0v) is 13.9. The van der Waals surface area contributed by atoms with Crippen LogP contribution in [-0.2, 0) is 0 Å². The van der Waals surface area contributed by atoms with Crippen molar-refractivity contribution in [2.75, 3.05) is 10.6 Å². The third kappa shape index (κ3) is 3.69. The molecule has 0 aliphatic heterocycles. The van der Waals surface area contributed by atoms with Gasteiger partial charge in [0.1, 0.15) is 5.82 Å². The maximum atomic E-state index is 6.30. The monoisotopic (exact) mass is 316 g/mol. The molecule has 0 saturated heterocycles. The van der Waals surface area contributed by atoms with E-state index in [0.717, 1.165) is 22.8 Å². The average molecular weight is 317 g/mol. The van der Waals surface area contributed by atoms with Crippen LogP contribution in [0.5, 0.6) is 0 Å². The van der Waals surface area contributed by atoms with Gasteiger partial charge in [-0.25, -0.2) is 4.98 Å². The molecular formula is C17H21ClN4. The van der Waals surface area contributed by atoms with E-state index in [-0.39, 0.29) is 0 Å². The fourth-order valence-corrected chi connectivity index (χ4v) is 2.58. The standard InChI is InChI=1S/C17H21ClN4/c1-10(2)19-17-21-15(12-5-6-12)9-16(22-17)20-14-7-4-11(3)8-13(14)18/h4,7-10,12H,5-6H2,1-3H3,(H2,19,20,21,22). The largest absolute Gasteiger partial charge is 0.352 e. The lowest BCUT2D eigenvalue weighted by Crippen LogP contribution is -2.14. The summed E-state index contributed by atoms with van der Waals surface area (Å²) in [5, 5.41) is 7.29. The van der Waals surface area contributed by atoms with Gasteiger partial charge < -0.3 is 10.6 Å². The number of benzene rings is 1. The molecule has 116 valence electrons. The molecule has 4 nitrogen and oxygen atoms in total. The zero-order chi connectivity index (χ0) is 15.7. The van der Waals surface area contributed by atoms with E-state index >= 15 is 0 Å². The highest BCUT2D eigenvalue weighted by Gasteiger charge is 2.26. The van der Waals surface area contributed by atoms with Crippen LogP contribution in [0.3, 0.4) is 0 Å². The molecule has 1 aliphatic carbocycles. The number of hydrogen-bond donors (Lipinski definition) is 2. The second-order valence-electron chi connectivity index (χ2n) is 6.18. The zero-order valence-electron chi connectivity index (χ0n) is 13.2. The lowest BCUT2D eigenvalue weighted by Gasteiger charge is -2.13. The Balaban J connectivity index is 1.89. The van der Waals surface area contributed by atoms with Crippen molar-refractivity contribution in [1.29, 1.82) is 0 Å². The number of nitrogens with one attached hydrogen (secondary N) is 2. The van der Waals surface area contributed by atoms with Crippen LogP contribution in [0.4, 0.5) is 17.5 Å². The van der Waals surface area contributed by atoms with Gasteiger partial charge in [-0.1, -0.05) is 17.7 Å². The van der Waals surface area contributed by atoms with Gasteiger partial charge in [-0.15, -0.1) is 0 Å². The molecule has 1 aromatic carbocycles. The normalized spacial score (nSPS) is 14.2. The molecule has 1 heterocycles. The summed E-state index contributed by atoms with van der Waals surface area (Å²) in [6.07, 6.45) is 2.42. The third-order valence-electron chi connectivity index (χ3n) is 3.55. The summed E-state index contributed by atoms with van der Waals surface area (Å²) < 4.78 is 0. The molecule has 2 aromatic rings. The molecule has 0 bridgehead atoms. The van der Waals surface area contributed by atoms with Crippen molar-refractivity contribution in [2.45, 2.75) is 45.6 Å². The minimum atomic E-state index is 0.297. The van der Waals surface area contributed by atoms with Crippen LogP contribution >= 0.6 is 11.6 Å². The molecule has 0 radical (unpaired) electrons. The molecule has 1 aromatic heterocycles. The van der Waals surface area contributed by atoms with Crippen LogP contribution in [0.25, 0.3) is 0 Å². The fourth-order valence-electron chi connectivity index (χ4n) is 2.30. The van der Waals surface area contributed by atoms with Crippen molar-refractivity contribution in [2.24, 2.45) is 0 Å². The van der Waals surface area contributed by atoms with Crippen molar-refractivity contribution in [1.82, 2.24) is 9.97 Å². The van der Waals surface area contributed by atoms with E-state index in [1.165, 1.54) is 12.8 Å². The summed E-state index contributed by atoms with van der Waals surface area (Å²) in [5.74, 6) is 2.03. The van der Waals surface area contributed by atoms with Gasteiger partial charge >= 0.3 is 0 Å². The van der Waals surface area contributed by atoms with E-state index in [2.05, 4.69) is 34.4 Å². The number of hydrogen-bond acceptors (Lipinski definition) is 4. The van der Waals surface area contributed by atoms with E-state index in [1.54, 1.807) is 0 Å². The smallest absolute Gasteiger partial charge is 0.225 e. The van der Waals surface area contributed by atoms with Crippen LogP contribution in [0.2, 0.25) is 5.02 Å². The van der Waals surface area contributed by atoms with Crippen molar-refractivity contribution in [3.05, 3.63) is 40.5 Å². The number of aryl methyl sites for hydroxylation is 1. The summed E-state index contributed by atoms with van der Waals surface area (Å²) in [4.78, 5) is 9.17. The van der Waals surface area contributed by atoms with Gasteiger partial charge in [-0.05, 0) is 51.3 Å².